The van der Waals surface area contributed by atoms with Crippen molar-refractivity contribution in [2.75, 3.05) is 0 Å². The topological polar surface area (TPSA) is 12.9 Å². The highest BCUT2D eigenvalue weighted by atomic mass is 35.5. The van der Waals surface area contributed by atoms with Crippen LogP contribution in [0, 0.1) is 0 Å². The molecule has 0 radical (unpaired) electrons. The van der Waals surface area contributed by atoms with Crippen molar-refractivity contribution in [3.05, 3.63) is 35.4 Å². The summed E-state index contributed by atoms with van der Waals surface area (Å²) in [4.78, 5) is 3.54. The lowest BCUT2D eigenvalue weighted by molar-refractivity contribution is 0.213. The standard InChI is InChI=1S/C8H5ClF3N/c9-7-3-1-2-6(13-7)5(4-10)8(11)12/h1-4,8H. The van der Waals surface area contributed by atoms with E-state index >= 15 is 0 Å². The van der Waals surface area contributed by atoms with Gasteiger partial charge in [0.15, 0.2) is 0 Å². The van der Waals surface area contributed by atoms with Crippen LogP contribution in [0.2, 0.25) is 5.15 Å². The number of alkyl halides is 2. The zero-order chi connectivity index (χ0) is 9.84. The van der Waals surface area contributed by atoms with Crippen LogP contribution in [0.15, 0.2) is 24.5 Å². The van der Waals surface area contributed by atoms with Crippen LogP contribution < -0.4 is 0 Å². The summed E-state index contributed by atoms with van der Waals surface area (Å²) < 4.78 is 36.3. The molecule has 0 aliphatic carbocycles. The van der Waals surface area contributed by atoms with Crippen LogP contribution in [0.1, 0.15) is 5.69 Å². The second-order valence-corrected chi connectivity index (χ2v) is 2.60. The van der Waals surface area contributed by atoms with Gasteiger partial charge in [0.2, 0.25) is 0 Å². The van der Waals surface area contributed by atoms with E-state index in [-0.39, 0.29) is 17.2 Å². The summed E-state index contributed by atoms with van der Waals surface area (Å²) in [6.45, 7) is 0. The van der Waals surface area contributed by atoms with E-state index in [4.69, 9.17) is 11.6 Å². The summed E-state index contributed by atoms with van der Waals surface area (Å²) in [5.74, 6) is 0. The van der Waals surface area contributed by atoms with Crippen LogP contribution in [0.3, 0.4) is 0 Å². The predicted molar refractivity (Wildman–Crippen MR) is 44.3 cm³/mol. The maximum atomic E-state index is 12.1. The first-order valence-corrected chi connectivity index (χ1v) is 3.74. The van der Waals surface area contributed by atoms with Gasteiger partial charge in [-0.25, -0.2) is 18.2 Å². The number of hydrogen-bond donors (Lipinski definition) is 0. The Morgan fingerprint density at radius 1 is 1.46 bits per heavy atom. The molecule has 0 fully saturated rings. The number of halogens is 4. The third kappa shape index (κ3) is 2.45. The van der Waals surface area contributed by atoms with Gasteiger partial charge >= 0.3 is 0 Å². The molecular weight excluding hydrogens is 203 g/mol. The normalized spacial score (nSPS) is 12.2. The zero-order valence-electron chi connectivity index (χ0n) is 6.35. The molecule has 0 aromatic carbocycles. The molecule has 0 aliphatic heterocycles. The summed E-state index contributed by atoms with van der Waals surface area (Å²) in [5, 5.41) is 0.0532. The van der Waals surface area contributed by atoms with Gasteiger partial charge in [-0.1, -0.05) is 17.7 Å². The maximum Gasteiger partial charge on any atom is 0.268 e. The fraction of sp³-hybridized carbons (Fsp3) is 0.125. The quantitative estimate of drug-likeness (QED) is 0.678. The molecule has 0 saturated heterocycles. The van der Waals surface area contributed by atoms with Crippen molar-refractivity contribution in [1.29, 1.82) is 0 Å². The smallest absolute Gasteiger partial charge is 0.236 e. The molecule has 1 nitrogen and oxygen atoms in total. The van der Waals surface area contributed by atoms with Crippen LogP contribution in [-0.4, -0.2) is 11.4 Å². The van der Waals surface area contributed by atoms with E-state index in [1.54, 1.807) is 0 Å². The summed E-state index contributed by atoms with van der Waals surface area (Å²) in [5.41, 5.74) is -0.910. The van der Waals surface area contributed by atoms with Crippen molar-refractivity contribution >= 4 is 17.2 Å². The molecular formula is C8H5ClF3N. The van der Waals surface area contributed by atoms with Crippen LogP contribution in [-0.2, 0) is 0 Å². The molecule has 70 valence electrons. The SMILES string of the molecule is FC=C(c1cccc(Cl)n1)C(F)F. The minimum Gasteiger partial charge on any atom is -0.236 e. The molecule has 1 aromatic rings. The highest BCUT2D eigenvalue weighted by Crippen LogP contribution is 2.21. The number of aromatic nitrogens is 1. The van der Waals surface area contributed by atoms with Crippen molar-refractivity contribution in [1.82, 2.24) is 4.98 Å². The van der Waals surface area contributed by atoms with E-state index in [1.165, 1.54) is 18.2 Å². The summed E-state index contributed by atoms with van der Waals surface area (Å²) in [7, 11) is 0. The van der Waals surface area contributed by atoms with Gasteiger partial charge in [0.25, 0.3) is 6.43 Å². The van der Waals surface area contributed by atoms with Gasteiger partial charge in [0, 0.05) is 0 Å². The molecule has 5 heteroatoms. The van der Waals surface area contributed by atoms with E-state index in [0.29, 0.717) is 0 Å². The fourth-order valence-corrected chi connectivity index (χ4v) is 0.948. The van der Waals surface area contributed by atoms with Gasteiger partial charge in [0.1, 0.15) is 5.15 Å². The molecule has 1 heterocycles. The third-order valence-electron chi connectivity index (χ3n) is 1.36. The first-order chi connectivity index (χ1) is 6.15. The summed E-state index contributed by atoms with van der Waals surface area (Å²) in [6.07, 6.45) is -3.06. The largest absolute Gasteiger partial charge is 0.268 e. The molecule has 0 amide bonds. The van der Waals surface area contributed by atoms with E-state index in [2.05, 4.69) is 4.98 Å². The molecule has 13 heavy (non-hydrogen) atoms. The Labute approximate surface area is 77.9 Å². The molecule has 0 saturated carbocycles. The molecule has 0 N–H and O–H groups in total. The second kappa shape index (κ2) is 4.28. The Hall–Kier alpha value is -1.03. The van der Waals surface area contributed by atoms with Crippen molar-refractivity contribution in [2.45, 2.75) is 6.43 Å². The van der Waals surface area contributed by atoms with Gasteiger partial charge in [-0.15, -0.1) is 0 Å². The molecule has 0 unspecified atom stereocenters. The summed E-state index contributed by atoms with van der Waals surface area (Å²) >= 11 is 5.44. The van der Waals surface area contributed by atoms with Crippen molar-refractivity contribution < 1.29 is 13.2 Å². The number of allylic oxidation sites excluding steroid dienone is 1. The van der Waals surface area contributed by atoms with Gasteiger partial charge in [-0.05, 0) is 12.1 Å². The number of rotatable bonds is 2. The third-order valence-corrected chi connectivity index (χ3v) is 1.57. The highest BCUT2D eigenvalue weighted by Gasteiger charge is 2.15. The Bertz CT molecular complexity index is 325. The molecule has 0 spiro atoms. The van der Waals surface area contributed by atoms with Gasteiger partial charge in [-0.2, -0.15) is 0 Å². The van der Waals surface area contributed by atoms with E-state index < -0.39 is 12.0 Å². The average molecular weight is 208 g/mol. The van der Waals surface area contributed by atoms with Gasteiger partial charge in [-0.3, -0.25) is 0 Å². The van der Waals surface area contributed by atoms with Crippen molar-refractivity contribution in [3.8, 4) is 0 Å². The molecule has 0 aliphatic rings. The number of hydrogen-bond acceptors (Lipinski definition) is 1. The minimum absolute atomic E-state index is 0.0532. The van der Waals surface area contributed by atoms with E-state index in [1.807, 2.05) is 0 Å². The Morgan fingerprint density at radius 3 is 2.62 bits per heavy atom. The van der Waals surface area contributed by atoms with Crippen molar-refractivity contribution in [3.63, 3.8) is 0 Å². The first kappa shape index (κ1) is 10.1. The Morgan fingerprint density at radius 2 is 2.15 bits per heavy atom. The zero-order valence-corrected chi connectivity index (χ0v) is 7.10. The highest BCUT2D eigenvalue weighted by molar-refractivity contribution is 6.29. The maximum absolute atomic E-state index is 12.1. The molecule has 1 aromatic heterocycles. The molecule has 0 bridgehead atoms. The molecule has 1 rings (SSSR count). The van der Waals surface area contributed by atoms with E-state index in [9.17, 15) is 13.2 Å². The lowest BCUT2D eigenvalue weighted by Crippen LogP contribution is -1.98. The number of nitrogens with zero attached hydrogens (tertiary/aromatic N) is 1. The predicted octanol–water partition coefficient (Wildman–Crippen LogP) is 3.31. The van der Waals surface area contributed by atoms with E-state index in [0.717, 1.165) is 0 Å². The first-order valence-electron chi connectivity index (χ1n) is 3.36. The Kier molecular flexibility index (Phi) is 3.31. The van der Waals surface area contributed by atoms with Crippen LogP contribution in [0.25, 0.3) is 5.57 Å². The molecule has 0 atom stereocenters. The van der Waals surface area contributed by atoms with Gasteiger partial charge < -0.3 is 0 Å². The van der Waals surface area contributed by atoms with Crippen LogP contribution >= 0.6 is 11.6 Å². The van der Waals surface area contributed by atoms with Gasteiger partial charge in [0.05, 0.1) is 17.6 Å². The monoisotopic (exact) mass is 207 g/mol. The van der Waals surface area contributed by atoms with Crippen LogP contribution in [0.5, 0.6) is 0 Å². The number of pyridine rings is 1. The minimum atomic E-state index is -2.89. The lowest BCUT2D eigenvalue weighted by Gasteiger charge is -2.02. The van der Waals surface area contributed by atoms with Crippen LogP contribution in [0.4, 0.5) is 13.2 Å². The summed E-state index contributed by atoms with van der Waals surface area (Å²) in [6, 6.07) is 4.12. The van der Waals surface area contributed by atoms with Crippen molar-refractivity contribution in [2.24, 2.45) is 0 Å². The second-order valence-electron chi connectivity index (χ2n) is 2.21. The lowest BCUT2D eigenvalue weighted by atomic mass is 10.2. The average Bonchev–Trinajstić information content (AvgIpc) is 2.04. The fourth-order valence-electron chi connectivity index (χ4n) is 0.784. The Balaban J connectivity index is 3.06.